The summed E-state index contributed by atoms with van der Waals surface area (Å²) in [5.74, 6) is 0.0503. The number of hydrogen-bond donors (Lipinski definition) is 1. The lowest BCUT2D eigenvalue weighted by atomic mass is 10.1. The molecular formula is C14H16N4O4S. The summed E-state index contributed by atoms with van der Waals surface area (Å²) in [4.78, 5) is 22.1. The Balaban J connectivity index is 1.91. The van der Waals surface area contributed by atoms with Crippen molar-refractivity contribution in [3.05, 3.63) is 39.4 Å². The summed E-state index contributed by atoms with van der Waals surface area (Å²) in [5, 5.41) is 22.5. The summed E-state index contributed by atoms with van der Waals surface area (Å²) in [7, 11) is 0. The lowest BCUT2D eigenvalue weighted by Crippen LogP contribution is -2.20. The maximum absolute atomic E-state index is 11.8. The number of ether oxygens (including phenoxy) is 1. The number of carbonyl (C=O) groups excluding carboxylic acids is 1. The number of benzene rings is 1. The molecule has 1 aromatic carbocycles. The van der Waals surface area contributed by atoms with Crippen LogP contribution < -0.4 is 10.1 Å². The van der Waals surface area contributed by atoms with Gasteiger partial charge in [0, 0.05) is 12.5 Å². The van der Waals surface area contributed by atoms with Crippen molar-refractivity contribution in [2.24, 2.45) is 5.92 Å². The smallest absolute Gasteiger partial charge is 0.310 e. The number of aromatic nitrogens is 2. The van der Waals surface area contributed by atoms with Crippen LogP contribution in [0, 0.1) is 16.0 Å². The first-order valence-electron chi connectivity index (χ1n) is 6.94. The van der Waals surface area contributed by atoms with Crippen LogP contribution in [0.3, 0.4) is 0 Å². The molecule has 0 bridgehead atoms. The van der Waals surface area contributed by atoms with Crippen molar-refractivity contribution in [1.82, 2.24) is 10.2 Å². The number of amides is 1. The topological polar surface area (TPSA) is 107 Å². The Hall–Kier alpha value is -2.55. The molecule has 0 saturated heterocycles. The molecule has 8 nitrogen and oxygen atoms in total. The third-order valence-electron chi connectivity index (χ3n) is 2.72. The summed E-state index contributed by atoms with van der Waals surface area (Å²) >= 11 is 1.30. The van der Waals surface area contributed by atoms with E-state index in [1.165, 1.54) is 29.5 Å². The Morgan fingerprint density at radius 2 is 2.13 bits per heavy atom. The molecule has 0 radical (unpaired) electrons. The molecule has 0 spiro atoms. The average Bonchev–Trinajstić information content (AvgIpc) is 2.91. The van der Waals surface area contributed by atoms with Gasteiger partial charge in [0.05, 0.1) is 4.92 Å². The highest BCUT2D eigenvalue weighted by atomic mass is 32.1. The van der Waals surface area contributed by atoms with Crippen molar-refractivity contribution in [2.45, 2.75) is 20.3 Å². The maximum atomic E-state index is 11.8. The molecule has 0 aliphatic rings. The molecular weight excluding hydrogens is 320 g/mol. The van der Waals surface area contributed by atoms with Crippen molar-refractivity contribution in [3.8, 4) is 5.75 Å². The van der Waals surface area contributed by atoms with Crippen LogP contribution in [0.1, 0.15) is 18.9 Å². The van der Waals surface area contributed by atoms with Gasteiger partial charge in [-0.3, -0.25) is 20.2 Å². The first-order chi connectivity index (χ1) is 11.0. The fraction of sp³-hybridized carbons (Fsp3) is 0.357. The molecule has 1 N–H and O–H groups in total. The molecule has 0 aliphatic carbocycles. The molecule has 0 fully saturated rings. The largest absolute Gasteiger partial charge is 0.477 e. The fourth-order valence-corrected chi connectivity index (χ4v) is 2.73. The van der Waals surface area contributed by atoms with Crippen LogP contribution in [0.5, 0.6) is 5.75 Å². The molecule has 1 aromatic heterocycles. The number of nitrogens with one attached hydrogen (secondary N) is 1. The Labute approximate surface area is 136 Å². The van der Waals surface area contributed by atoms with Gasteiger partial charge in [0.1, 0.15) is 5.01 Å². The highest BCUT2D eigenvalue weighted by Crippen LogP contribution is 2.25. The molecule has 23 heavy (non-hydrogen) atoms. The van der Waals surface area contributed by atoms with Crippen molar-refractivity contribution < 1.29 is 14.5 Å². The molecule has 0 aliphatic heterocycles. The van der Waals surface area contributed by atoms with E-state index in [1.54, 1.807) is 6.07 Å². The Kier molecular flexibility index (Phi) is 5.58. The summed E-state index contributed by atoms with van der Waals surface area (Å²) < 4.78 is 5.21. The van der Waals surface area contributed by atoms with Crippen LogP contribution >= 0.6 is 11.3 Å². The van der Waals surface area contributed by atoms with E-state index in [-0.39, 0.29) is 18.0 Å². The minimum Gasteiger partial charge on any atom is -0.477 e. The Morgan fingerprint density at radius 3 is 2.83 bits per heavy atom. The third kappa shape index (κ3) is 4.99. The number of rotatable bonds is 7. The van der Waals surface area contributed by atoms with Gasteiger partial charge in [-0.25, -0.2) is 0 Å². The highest BCUT2D eigenvalue weighted by molar-refractivity contribution is 7.15. The van der Waals surface area contributed by atoms with E-state index in [4.69, 9.17) is 4.74 Å². The lowest BCUT2D eigenvalue weighted by molar-refractivity contribution is -0.385. The number of hydrogen-bond acceptors (Lipinski definition) is 7. The molecule has 0 unspecified atom stereocenters. The predicted octanol–water partition coefficient (Wildman–Crippen LogP) is 2.66. The second-order valence-corrected chi connectivity index (χ2v) is 6.22. The van der Waals surface area contributed by atoms with Gasteiger partial charge in [-0.05, 0) is 12.0 Å². The molecule has 2 aromatic rings. The van der Waals surface area contributed by atoms with E-state index < -0.39 is 10.8 Å². The minimum atomic E-state index is -0.559. The predicted molar refractivity (Wildman–Crippen MR) is 85.7 cm³/mol. The summed E-state index contributed by atoms with van der Waals surface area (Å²) in [5.41, 5.74) is -0.185. The van der Waals surface area contributed by atoms with E-state index in [0.29, 0.717) is 11.0 Å². The summed E-state index contributed by atoms with van der Waals surface area (Å²) in [6.07, 6.45) is 0.792. The van der Waals surface area contributed by atoms with Crippen molar-refractivity contribution in [1.29, 1.82) is 0 Å². The zero-order valence-electron chi connectivity index (χ0n) is 12.7. The van der Waals surface area contributed by atoms with E-state index in [0.717, 1.165) is 11.4 Å². The molecule has 1 amide bonds. The second-order valence-electron chi connectivity index (χ2n) is 5.16. The highest BCUT2D eigenvalue weighted by Gasteiger charge is 2.15. The minimum absolute atomic E-state index is 0.0467. The van der Waals surface area contributed by atoms with Gasteiger partial charge in [0.25, 0.3) is 5.91 Å². The van der Waals surface area contributed by atoms with Gasteiger partial charge in [-0.2, -0.15) is 0 Å². The van der Waals surface area contributed by atoms with Crippen LogP contribution in [0.15, 0.2) is 24.3 Å². The molecule has 0 saturated carbocycles. The summed E-state index contributed by atoms with van der Waals surface area (Å²) in [6, 6.07) is 5.89. The number of carbonyl (C=O) groups is 1. The number of nitro benzene ring substituents is 1. The average molecular weight is 336 g/mol. The van der Waals surface area contributed by atoms with Gasteiger partial charge in [0.2, 0.25) is 5.13 Å². The quantitative estimate of drug-likeness (QED) is 0.615. The molecule has 1 heterocycles. The number of anilines is 1. The van der Waals surface area contributed by atoms with Crippen LogP contribution in [-0.2, 0) is 11.2 Å². The van der Waals surface area contributed by atoms with E-state index >= 15 is 0 Å². The van der Waals surface area contributed by atoms with E-state index in [2.05, 4.69) is 29.4 Å². The second kappa shape index (κ2) is 7.63. The standard InChI is InChI=1S/C14H16N4O4S/c1-9(2)7-13-16-17-14(23-13)15-12(19)8-22-11-6-4-3-5-10(11)18(20)21/h3-6,9H,7-8H2,1-2H3,(H,15,17,19). The van der Waals surface area contributed by atoms with Crippen molar-refractivity contribution in [3.63, 3.8) is 0 Å². The first-order valence-corrected chi connectivity index (χ1v) is 7.76. The normalized spacial score (nSPS) is 10.6. The lowest BCUT2D eigenvalue weighted by Gasteiger charge is -2.05. The fourth-order valence-electron chi connectivity index (χ4n) is 1.76. The molecule has 0 atom stereocenters. The van der Waals surface area contributed by atoms with Crippen LogP contribution in [-0.4, -0.2) is 27.6 Å². The van der Waals surface area contributed by atoms with Gasteiger partial charge in [-0.1, -0.05) is 37.3 Å². The van der Waals surface area contributed by atoms with Crippen LogP contribution in [0.4, 0.5) is 10.8 Å². The first kappa shape index (κ1) is 16.8. The van der Waals surface area contributed by atoms with Crippen molar-refractivity contribution in [2.75, 3.05) is 11.9 Å². The Bertz CT molecular complexity index is 702. The van der Waals surface area contributed by atoms with Gasteiger partial charge in [-0.15, -0.1) is 10.2 Å². The number of nitrogens with zero attached hydrogens (tertiary/aromatic N) is 3. The van der Waals surface area contributed by atoms with Crippen molar-refractivity contribution >= 4 is 28.1 Å². The third-order valence-corrected chi connectivity index (χ3v) is 3.58. The maximum Gasteiger partial charge on any atom is 0.310 e. The molecule has 122 valence electrons. The van der Waals surface area contributed by atoms with Crippen LogP contribution in [0.2, 0.25) is 0 Å². The molecule has 2 rings (SSSR count). The summed E-state index contributed by atoms with van der Waals surface area (Å²) in [6.45, 7) is 3.80. The molecule has 9 heteroatoms. The van der Waals surface area contributed by atoms with E-state index in [9.17, 15) is 14.9 Å². The van der Waals surface area contributed by atoms with Crippen LogP contribution in [0.25, 0.3) is 0 Å². The van der Waals surface area contributed by atoms with Gasteiger partial charge < -0.3 is 4.74 Å². The zero-order chi connectivity index (χ0) is 16.8. The van der Waals surface area contributed by atoms with Gasteiger partial charge in [0.15, 0.2) is 12.4 Å². The number of nitro groups is 1. The Morgan fingerprint density at radius 1 is 1.39 bits per heavy atom. The monoisotopic (exact) mass is 336 g/mol. The zero-order valence-corrected chi connectivity index (χ0v) is 13.5. The van der Waals surface area contributed by atoms with Gasteiger partial charge >= 0.3 is 5.69 Å². The SMILES string of the molecule is CC(C)Cc1nnc(NC(=O)COc2ccccc2[N+](=O)[O-])s1. The number of para-hydroxylation sites is 2. The van der Waals surface area contributed by atoms with E-state index in [1.807, 2.05) is 0 Å².